The fraction of sp³-hybridized carbons (Fsp3) is 0.200. The minimum Gasteiger partial charge on any atom is -0.294 e. The Hall–Kier alpha value is -2.73. The van der Waals surface area contributed by atoms with Gasteiger partial charge in [0.1, 0.15) is 0 Å². The number of Topliss-reactive ketones (excluding diaryl/α,β-unsaturated/α-hetero) is 1. The van der Waals surface area contributed by atoms with Crippen molar-refractivity contribution in [3.8, 4) is 0 Å². The Morgan fingerprint density at radius 3 is 2.23 bits per heavy atom. The van der Waals surface area contributed by atoms with E-state index in [0.717, 1.165) is 9.87 Å². The maximum atomic E-state index is 13.0. The van der Waals surface area contributed by atoms with Crippen LogP contribution in [0.5, 0.6) is 0 Å². The zero-order valence-corrected chi connectivity index (χ0v) is 15.4. The molecule has 0 fully saturated rings. The molecule has 0 unspecified atom stereocenters. The minimum absolute atomic E-state index is 0.0362. The first-order valence-corrected chi connectivity index (χ1v) is 9.75. The van der Waals surface area contributed by atoms with Gasteiger partial charge in [0, 0.05) is 12.0 Å². The van der Waals surface area contributed by atoms with Gasteiger partial charge in [-0.1, -0.05) is 55.0 Å². The van der Waals surface area contributed by atoms with Crippen molar-refractivity contribution in [1.82, 2.24) is 4.31 Å². The molecule has 2 aromatic rings. The van der Waals surface area contributed by atoms with Crippen LogP contribution in [0.3, 0.4) is 0 Å². The van der Waals surface area contributed by atoms with Crippen LogP contribution in [0.25, 0.3) is 5.57 Å². The second-order valence-corrected chi connectivity index (χ2v) is 7.99. The van der Waals surface area contributed by atoms with Gasteiger partial charge in [-0.15, -0.1) is 0 Å². The Balaban J connectivity index is 2.07. The van der Waals surface area contributed by atoms with Gasteiger partial charge in [0.2, 0.25) is 0 Å². The topological polar surface area (TPSA) is 71.5 Å². The Morgan fingerprint density at radius 1 is 1.04 bits per heavy atom. The first-order chi connectivity index (χ1) is 12.4. The average Bonchev–Trinajstić information content (AvgIpc) is 3.00. The molecule has 1 heterocycles. The number of nitrogens with zero attached hydrogens (tertiary/aromatic N) is 1. The normalized spacial score (nSPS) is 14.8. The Bertz CT molecular complexity index is 990. The van der Waals surface area contributed by atoms with Crippen LogP contribution < -0.4 is 0 Å². The molecule has 26 heavy (non-hydrogen) atoms. The van der Waals surface area contributed by atoms with Crippen LogP contribution in [0.15, 0.2) is 65.1 Å². The zero-order valence-electron chi connectivity index (χ0n) is 14.6. The highest BCUT2D eigenvalue weighted by Gasteiger charge is 2.41. The lowest BCUT2D eigenvalue weighted by atomic mass is 9.98. The summed E-state index contributed by atoms with van der Waals surface area (Å²) in [7, 11) is -4.03. The number of hydrogen-bond acceptors (Lipinski definition) is 4. The van der Waals surface area contributed by atoms with Crippen LogP contribution in [0.4, 0.5) is 0 Å². The summed E-state index contributed by atoms with van der Waals surface area (Å²) >= 11 is 0. The third kappa shape index (κ3) is 3.08. The first-order valence-electron chi connectivity index (χ1n) is 8.31. The van der Waals surface area contributed by atoms with E-state index in [1.807, 2.05) is 6.92 Å². The highest BCUT2D eigenvalue weighted by Crippen LogP contribution is 2.33. The van der Waals surface area contributed by atoms with Gasteiger partial charge in [-0.05, 0) is 24.6 Å². The van der Waals surface area contributed by atoms with Crippen molar-refractivity contribution in [1.29, 1.82) is 0 Å². The Kier molecular flexibility index (Phi) is 4.78. The molecule has 1 amide bonds. The predicted octanol–water partition coefficient (Wildman–Crippen LogP) is 2.96. The van der Waals surface area contributed by atoms with E-state index >= 15 is 0 Å². The van der Waals surface area contributed by atoms with E-state index in [-0.39, 0.29) is 34.8 Å². The highest BCUT2D eigenvalue weighted by atomic mass is 32.2. The number of hydrogen-bond donors (Lipinski definition) is 0. The Morgan fingerprint density at radius 2 is 1.65 bits per heavy atom. The smallest absolute Gasteiger partial charge is 0.269 e. The van der Waals surface area contributed by atoms with Crippen LogP contribution in [0.1, 0.15) is 24.5 Å². The van der Waals surface area contributed by atoms with Gasteiger partial charge in [0.25, 0.3) is 15.9 Å². The summed E-state index contributed by atoms with van der Waals surface area (Å²) in [5, 5.41) is 0. The van der Waals surface area contributed by atoms with Gasteiger partial charge in [0.15, 0.2) is 5.78 Å². The van der Waals surface area contributed by atoms with Gasteiger partial charge in [-0.2, -0.15) is 0 Å². The monoisotopic (exact) mass is 369 g/mol. The molecule has 0 spiro atoms. The van der Waals surface area contributed by atoms with Gasteiger partial charge < -0.3 is 0 Å². The van der Waals surface area contributed by atoms with E-state index in [1.54, 1.807) is 49.4 Å². The van der Waals surface area contributed by atoms with E-state index in [4.69, 9.17) is 0 Å². The molecule has 0 aromatic heterocycles. The summed E-state index contributed by atoms with van der Waals surface area (Å²) < 4.78 is 26.7. The Labute approximate surface area is 153 Å². The number of benzene rings is 2. The molecular weight excluding hydrogens is 350 g/mol. The number of carbonyl (C=O) groups is 2. The predicted molar refractivity (Wildman–Crippen MR) is 98.7 cm³/mol. The van der Waals surface area contributed by atoms with Crippen molar-refractivity contribution in [2.75, 3.05) is 6.54 Å². The lowest BCUT2D eigenvalue weighted by Crippen LogP contribution is -2.34. The second-order valence-electron chi connectivity index (χ2n) is 6.13. The van der Waals surface area contributed by atoms with Crippen molar-refractivity contribution in [3.05, 3.63) is 71.3 Å². The van der Waals surface area contributed by atoms with Crippen molar-refractivity contribution in [2.45, 2.75) is 25.2 Å². The largest absolute Gasteiger partial charge is 0.294 e. The summed E-state index contributed by atoms with van der Waals surface area (Å²) in [6, 6.07) is 15.0. The average molecular weight is 369 g/mol. The fourth-order valence-electron chi connectivity index (χ4n) is 2.92. The van der Waals surface area contributed by atoms with Crippen LogP contribution in [-0.4, -0.2) is 31.0 Å². The van der Waals surface area contributed by atoms with E-state index in [0.29, 0.717) is 5.56 Å². The molecule has 1 aliphatic rings. The van der Waals surface area contributed by atoms with Gasteiger partial charge in [-0.25, -0.2) is 12.7 Å². The molecule has 0 aliphatic carbocycles. The summed E-state index contributed by atoms with van der Waals surface area (Å²) in [5.41, 5.74) is 1.89. The summed E-state index contributed by atoms with van der Waals surface area (Å²) in [5.74, 6) is -0.882. The van der Waals surface area contributed by atoms with E-state index < -0.39 is 15.9 Å². The second kappa shape index (κ2) is 6.88. The number of sulfonamides is 1. The summed E-state index contributed by atoms with van der Waals surface area (Å²) in [6.07, 6.45) is 0.206. The molecule has 6 heteroatoms. The molecular formula is C20H19NO4S. The third-order valence-electron chi connectivity index (χ3n) is 4.37. The minimum atomic E-state index is -4.03. The van der Waals surface area contributed by atoms with Crippen LogP contribution in [0, 0.1) is 6.92 Å². The number of rotatable bonds is 5. The molecule has 5 nitrogen and oxygen atoms in total. The van der Waals surface area contributed by atoms with Crippen LogP contribution >= 0.6 is 0 Å². The fourth-order valence-corrected chi connectivity index (χ4v) is 4.27. The zero-order chi connectivity index (χ0) is 18.9. The van der Waals surface area contributed by atoms with Gasteiger partial charge in [-0.3, -0.25) is 9.59 Å². The standard InChI is InChI=1S/C20H19NO4S/c1-3-18(22)17-13-21(20(23)19(17)15-7-5-4-6-8-15)26(24,25)16-11-9-14(2)10-12-16/h4-12H,3,13H2,1-2H3. The molecule has 134 valence electrons. The molecule has 1 aliphatic heterocycles. The van der Waals surface area contributed by atoms with Crippen molar-refractivity contribution < 1.29 is 18.0 Å². The molecule has 0 saturated carbocycles. The molecule has 3 rings (SSSR count). The highest BCUT2D eigenvalue weighted by molar-refractivity contribution is 7.89. The lowest BCUT2D eigenvalue weighted by molar-refractivity contribution is -0.119. The molecule has 0 atom stereocenters. The van der Waals surface area contributed by atoms with Crippen molar-refractivity contribution >= 4 is 27.3 Å². The summed E-state index contributed by atoms with van der Waals surface area (Å²) in [4.78, 5) is 25.4. The first kappa shape index (κ1) is 18.1. The van der Waals surface area contributed by atoms with Gasteiger partial charge >= 0.3 is 0 Å². The molecule has 0 N–H and O–H groups in total. The molecule has 0 radical (unpaired) electrons. The molecule has 2 aromatic carbocycles. The number of carbonyl (C=O) groups excluding carboxylic acids is 2. The maximum absolute atomic E-state index is 13.0. The van der Waals surface area contributed by atoms with Crippen LogP contribution in [0.2, 0.25) is 0 Å². The van der Waals surface area contributed by atoms with Gasteiger partial charge in [0.05, 0.1) is 17.0 Å². The molecule has 0 saturated heterocycles. The van der Waals surface area contributed by atoms with Crippen LogP contribution in [-0.2, 0) is 19.6 Å². The lowest BCUT2D eigenvalue weighted by Gasteiger charge is -2.17. The number of ketones is 1. The van der Waals surface area contributed by atoms with E-state index in [2.05, 4.69) is 0 Å². The summed E-state index contributed by atoms with van der Waals surface area (Å²) in [6.45, 7) is 3.32. The third-order valence-corrected chi connectivity index (χ3v) is 6.12. The van der Waals surface area contributed by atoms with Crippen molar-refractivity contribution in [3.63, 3.8) is 0 Å². The van der Waals surface area contributed by atoms with E-state index in [1.165, 1.54) is 12.1 Å². The number of amides is 1. The number of aryl methyl sites for hydroxylation is 1. The quantitative estimate of drug-likeness (QED) is 0.812. The van der Waals surface area contributed by atoms with Crippen molar-refractivity contribution in [2.24, 2.45) is 0 Å². The maximum Gasteiger partial charge on any atom is 0.269 e. The SMILES string of the molecule is CCC(=O)C1=C(c2ccccc2)C(=O)N(S(=O)(=O)c2ccc(C)cc2)C1. The molecule has 0 bridgehead atoms. The van der Waals surface area contributed by atoms with E-state index in [9.17, 15) is 18.0 Å².